The molecule has 0 saturated heterocycles. The van der Waals surface area contributed by atoms with Gasteiger partial charge < -0.3 is 10.0 Å². The molecular formula is C28H22N4O2S2. The molecule has 3 aromatic carbocycles. The minimum atomic E-state index is -0.0354. The highest BCUT2D eigenvalue weighted by atomic mass is 32.2. The molecule has 1 aromatic heterocycles. The van der Waals surface area contributed by atoms with Gasteiger partial charge in [0.1, 0.15) is 5.75 Å². The SMILES string of the molecule is O=C(CSc1nnc(-c2ccccc2O)n1-c1ccccc1)N1c2ccccc2S[C@H]2C=CC=C[C@@H]21. The quantitative estimate of drug-likeness (QED) is 0.346. The van der Waals surface area contributed by atoms with Crippen molar-refractivity contribution in [3.63, 3.8) is 0 Å². The molecule has 4 aromatic rings. The van der Waals surface area contributed by atoms with Crippen molar-refractivity contribution in [1.82, 2.24) is 14.8 Å². The van der Waals surface area contributed by atoms with E-state index in [1.165, 1.54) is 11.8 Å². The molecule has 1 aliphatic heterocycles. The second-order valence-electron chi connectivity index (χ2n) is 8.36. The van der Waals surface area contributed by atoms with Gasteiger partial charge in [0.25, 0.3) is 0 Å². The number of carbonyl (C=O) groups excluding carboxylic acids is 1. The van der Waals surface area contributed by atoms with Crippen LogP contribution in [0.25, 0.3) is 17.1 Å². The highest BCUT2D eigenvalue weighted by molar-refractivity contribution is 8.00. The third kappa shape index (κ3) is 4.12. The molecule has 1 aliphatic carbocycles. The van der Waals surface area contributed by atoms with E-state index >= 15 is 0 Å². The number of amides is 1. The minimum absolute atomic E-state index is 0.00872. The maximum Gasteiger partial charge on any atom is 0.238 e. The third-order valence-corrected chi connectivity index (χ3v) is 8.35. The number of thioether (sulfide) groups is 2. The van der Waals surface area contributed by atoms with Gasteiger partial charge in [0, 0.05) is 10.6 Å². The van der Waals surface area contributed by atoms with E-state index in [2.05, 4.69) is 28.4 Å². The highest BCUT2D eigenvalue weighted by Gasteiger charge is 2.36. The summed E-state index contributed by atoms with van der Waals surface area (Å²) in [6.07, 6.45) is 8.30. The van der Waals surface area contributed by atoms with E-state index in [0.29, 0.717) is 16.5 Å². The Morgan fingerprint density at radius 1 is 0.917 bits per heavy atom. The maximum absolute atomic E-state index is 13.7. The van der Waals surface area contributed by atoms with Gasteiger partial charge in [-0.05, 0) is 36.4 Å². The Labute approximate surface area is 217 Å². The largest absolute Gasteiger partial charge is 0.507 e. The molecule has 0 fully saturated rings. The van der Waals surface area contributed by atoms with E-state index in [-0.39, 0.29) is 28.7 Å². The third-order valence-electron chi connectivity index (χ3n) is 6.13. The van der Waals surface area contributed by atoms with E-state index in [4.69, 9.17) is 0 Å². The predicted octanol–water partition coefficient (Wildman–Crippen LogP) is 5.73. The van der Waals surface area contributed by atoms with Crippen molar-refractivity contribution in [2.45, 2.75) is 21.3 Å². The van der Waals surface area contributed by atoms with Gasteiger partial charge in [-0.1, -0.05) is 78.5 Å². The number of fused-ring (bicyclic) bond motifs is 2. The van der Waals surface area contributed by atoms with Crippen LogP contribution in [0.5, 0.6) is 5.75 Å². The molecule has 0 saturated carbocycles. The summed E-state index contributed by atoms with van der Waals surface area (Å²) in [6.45, 7) is 0. The van der Waals surface area contributed by atoms with Gasteiger partial charge in [0.05, 0.1) is 28.3 Å². The lowest BCUT2D eigenvalue weighted by molar-refractivity contribution is -0.116. The fraction of sp³-hybridized carbons (Fsp3) is 0.107. The first-order valence-electron chi connectivity index (χ1n) is 11.6. The number of phenolic OH excluding ortho intramolecular Hbond substituents is 1. The highest BCUT2D eigenvalue weighted by Crippen LogP contribution is 2.44. The second-order valence-corrected chi connectivity index (χ2v) is 10.5. The van der Waals surface area contributed by atoms with Crippen molar-refractivity contribution in [2.24, 2.45) is 0 Å². The molecule has 36 heavy (non-hydrogen) atoms. The zero-order valence-electron chi connectivity index (χ0n) is 19.1. The van der Waals surface area contributed by atoms with Gasteiger partial charge in [0.15, 0.2) is 11.0 Å². The summed E-state index contributed by atoms with van der Waals surface area (Å²) in [4.78, 5) is 16.7. The number of hydrogen-bond donors (Lipinski definition) is 1. The summed E-state index contributed by atoms with van der Waals surface area (Å²) in [5.74, 6) is 0.857. The average molecular weight is 511 g/mol. The number of aromatic hydroxyl groups is 1. The van der Waals surface area contributed by atoms with Crippen molar-refractivity contribution >= 4 is 35.1 Å². The van der Waals surface area contributed by atoms with Crippen LogP contribution in [0.4, 0.5) is 5.69 Å². The smallest absolute Gasteiger partial charge is 0.238 e. The van der Waals surface area contributed by atoms with Crippen LogP contribution in [0.3, 0.4) is 0 Å². The second kappa shape index (κ2) is 9.72. The molecule has 0 bridgehead atoms. The number of nitrogens with zero attached hydrogens (tertiary/aromatic N) is 4. The first-order chi connectivity index (χ1) is 17.7. The Morgan fingerprint density at radius 3 is 2.53 bits per heavy atom. The number of benzene rings is 3. The first-order valence-corrected chi connectivity index (χ1v) is 13.4. The van der Waals surface area contributed by atoms with Crippen LogP contribution < -0.4 is 4.90 Å². The van der Waals surface area contributed by atoms with Crippen molar-refractivity contribution in [3.05, 3.63) is 103 Å². The van der Waals surface area contributed by atoms with E-state index in [9.17, 15) is 9.90 Å². The topological polar surface area (TPSA) is 71.2 Å². The van der Waals surface area contributed by atoms with Gasteiger partial charge in [-0.3, -0.25) is 9.36 Å². The zero-order valence-corrected chi connectivity index (χ0v) is 20.8. The molecule has 2 atom stereocenters. The van der Waals surface area contributed by atoms with Gasteiger partial charge in [-0.15, -0.1) is 22.0 Å². The van der Waals surface area contributed by atoms with Crippen LogP contribution in [0.1, 0.15) is 0 Å². The molecule has 2 heterocycles. The van der Waals surface area contributed by atoms with Crippen molar-refractivity contribution in [2.75, 3.05) is 10.7 Å². The fourth-order valence-electron chi connectivity index (χ4n) is 4.49. The van der Waals surface area contributed by atoms with Crippen molar-refractivity contribution in [1.29, 1.82) is 0 Å². The number of allylic oxidation sites excluding steroid dienone is 2. The summed E-state index contributed by atoms with van der Waals surface area (Å²) in [5, 5.41) is 20.1. The van der Waals surface area contributed by atoms with E-state index in [0.717, 1.165) is 16.3 Å². The van der Waals surface area contributed by atoms with Gasteiger partial charge in [-0.2, -0.15) is 0 Å². The molecule has 8 heteroatoms. The molecule has 1 amide bonds. The first kappa shape index (κ1) is 22.7. The number of aromatic nitrogens is 3. The molecule has 1 N–H and O–H groups in total. The van der Waals surface area contributed by atoms with Crippen molar-refractivity contribution in [3.8, 4) is 22.8 Å². The van der Waals surface area contributed by atoms with Crippen molar-refractivity contribution < 1.29 is 9.90 Å². The Balaban J connectivity index is 1.33. The Morgan fingerprint density at radius 2 is 1.67 bits per heavy atom. The van der Waals surface area contributed by atoms with Crippen LogP contribution in [-0.2, 0) is 4.79 Å². The average Bonchev–Trinajstić information content (AvgIpc) is 3.34. The lowest BCUT2D eigenvalue weighted by atomic mass is 10.0. The van der Waals surface area contributed by atoms with Crippen LogP contribution in [-0.4, -0.2) is 42.8 Å². The standard InChI is InChI=1S/C28H22N4O2S2/c33-23-15-7-4-12-20(23)27-29-30-28(31(27)19-10-2-1-3-11-19)35-18-26(34)32-21-13-5-8-16-24(21)36-25-17-9-6-14-22(25)32/h1-17,21,24,33H,18H2/t21-,24-/m0/s1. The molecule has 6 nitrogen and oxygen atoms in total. The Hall–Kier alpha value is -3.75. The number of para-hydroxylation sites is 3. The van der Waals surface area contributed by atoms with E-state index in [1.54, 1.807) is 23.9 Å². The summed E-state index contributed by atoms with van der Waals surface area (Å²) in [7, 11) is 0. The molecule has 0 unspecified atom stereocenters. The summed E-state index contributed by atoms with van der Waals surface area (Å²) >= 11 is 3.14. The number of rotatable bonds is 5. The lowest BCUT2D eigenvalue weighted by Crippen LogP contribution is -2.48. The minimum Gasteiger partial charge on any atom is -0.507 e. The monoisotopic (exact) mass is 510 g/mol. The zero-order chi connectivity index (χ0) is 24.5. The molecule has 0 radical (unpaired) electrons. The van der Waals surface area contributed by atoms with Gasteiger partial charge in [-0.25, -0.2) is 0 Å². The van der Waals surface area contributed by atoms with E-state index < -0.39 is 0 Å². The van der Waals surface area contributed by atoms with Gasteiger partial charge >= 0.3 is 0 Å². The maximum atomic E-state index is 13.7. The fourth-order valence-corrected chi connectivity index (χ4v) is 6.56. The number of carbonyl (C=O) groups is 1. The molecule has 178 valence electrons. The summed E-state index contributed by atoms with van der Waals surface area (Å²) in [5.41, 5.74) is 2.38. The van der Waals surface area contributed by atoms with Crippen LogP contribution in [0.2, 0.25) is 0 Å². The number of anilines is 1. The van der Waals surface area contributed by atoms with Crippen LogP contribution in [0.15, 0.2) is 113 Å². The number of phenols is 1. The molecular weight excluding hydrogens is 488 g/mol. The Kier molecular flexibility index (Phi) is 6.13. The van der Waals surface area contributed by atoms with Crippen LogP contribution in [0, 0.1) is 0 Å². The predicted molar refractivity (Wildman–Crippen MR) is 145 cm³/mol. The normalized spacial score (nSPS) is 18.1. The van der Waals surface area contributed by atoms with Gasteiger partial charge in [0.2, 0.25) is 5.91 Å². The van der Waals surface area contributed by atoms with E-state index in [1.807, 2.05) is 82.3 Å². The molecule has 2 aliphatic rings. The van der Waals surface area contributed by atoms with Crippen LogP contribution >= 0.6 is 23.5 Å². The molecule has 0 spiro atoms. The molecule has 6 rings (SSSR count). The Bertz CT molecular complexity index is 1480. The number of hydrogen-bond acceptors (Lipinski definition) is 6. The lowest BCUT2D eigenvalue weighted by Gasteiger charge is -2.40. The summed E-state index contributed by atoms with van der Waals surface area (Å²) in [6, 6.07) is 24.8. The summed E-state index contributed by atoms with van der Waals surface area (Å²) < 4.78 is 1.89.